The van der Waals surface area contributed by atoms with E-state index in [1.165, 1.54) is 6.92 Å². The molecule has 0 bridgehead atoms. The first kappa shape index (κ1) is 17.3. The number of ketones is 1. The molecule has 5 heteroatoms. The molecule has 0 aromatic heterocycles. The largest absolute Gasteiger partial charge is 0.677 e. The molecule has 2 atom stereocenters. The third kappa shape index (κ3) is 6.06. The third-order valence-electron chi connectivity index (χ3n) is 3.42. The summed E-state index contributed by atoms with van der Waals surface area (Å²) in [5.41, 5.74) is 8.22. The van der Waals surface area contributed by atoms with Crippen LogP contribution in [0, 0.1) is 0 Å². The van der Waals surface area contributed by atoms with E-state index in [9.17, 15) is 9.59 Å². The Hall–Kier alpha value is -1.72. The molecule has 1 aromatic carbocycles. The van der Waals surface area contributed by atoms with Gasteiger partial charge >= 0.3 is 0 Å². The van der Waals surface area contributed by atoms with Gasteiger partial charge in [-0.25, -0.2) is 0 Å². The standard InChI is InChI=1S/C16H24N3O2/c1-12(20)14(9-6-10-17)19-16(21)15(18-2)11-13-7-4-3-5-8-13/h3-5,7-8,14-15,17-18H,6,9-11H2,1-2H3,(H,19,21)/q-1. The van der Waals surface area contributed by atoms with Crippen LogP contribution in [0.3, 0.4) is 0 Å². The van der Waals surface area contributed by atoms with Gasteiger partial charge in [-0.15, -0.1) is 0 Å². The van der Waals surface area contributed by atoms with Crippen molar-refractivity contribution in [3.8, 4) is 0 Å². The minimum Gasteiger partial charge on any atom is -0.677 e. The highest BCUT2D eigenvalue weighted by Gasteiger charge is 2.22. The van der Waals surface area contributed by atoms with Gasteiger partial charge in [-0.1, -0.05) is 36.8 Å². The van der Waals surface area contributed by atoms with Crippen molar-refractivity contribution in [2.45, 2.75) is 38.3 Å². The highest BCUT2D eigenvalue weighted by Crippen LogP contribution is 2.05. The van der Waals surface area contributed by atoms with E-state index in [1.54, 1.807) is 7.05 Å². The van der Waals surface area contributed by atoms with E-state index in [0.29, 0.717) is 19.3 Å². The summed E-state index contributed by atoms with van der Waals surface area (Å²) in [6.07, 6.45) is 1.70. The van der Waals surface area contributed by atoms with E-state index in [2.05, 4.69) is 10.6 Å². The summed E-state index contributed by atoms with van der Waals surface area (Å²) in [6, 6.07) is 8.89. The normalized spacial score (nSPS) is 13.5. The first-order valence-corrected chi connectivity index (χ1v) is 7.25. The van der Waals surface area contributed by atoms with Gasteiger partial charge in [0.25, 0.3) is 0 Å². The summed E-state index contributed by atoms with van der Waals surface area (Å²) in [5, 5.41) is 5.78. The molecular formula is C16H24N3O2-. The highest BCUT2D eigenvalue weighted by molar-refractivity contribution is 5.89. The lowest BCUT2D eigenvalue weighted by Gasteiger charge is -2.21. The van der Waals surface area contributed by atoms with Crippen LogP contribution in [0.1, 0.15) is 25.3 Å². The van der Waals surface area contributed by atoms with E-state index in [1.807, 2.05) is 30.3 Å². The lowest BCUT2D eigenvalue weighted by Crippen LogP contribution is -2.49. The van der Waals surface area contributed by atoms with Crippen LogP contribution in [0.4, 0.5) is 0 Å². The Balaban J connectivity index is 2.62. The topological polar surface area (TPSA) is 82.0 Å². The Kier molecular flexibility index (Phi) is 7.64. The van der Waals surface area contributed by atoms with Crippen molar-refractivity contribution in [1.82, 2.24) is 10.6 Å². The summed E-state index contributed by atoms with van der Waals surface area (Å²) >= 11 is 0. The third-order valence-corrected chi connectivity index (χ3v) is 3.42. The van der Waals surface area contributed by atoms with Gasteiger partial charge in [0.1, 0.15) is 0 Å². The fourth-order valence-corrected chi connectivity index (χ4v) is 2.13. The van der Waals surface area contributed by atoms with E-state index in [4.69, 9.17) is 5.73 Å². The molecule has 1 rings (SSSR count). The van der Waals surface area contributed by atoms with Crippen LogP contribution >= 0.6 is 0 Å². The first-order chi connectivity index (χ1) is 10.1. The van der Waals surface area contributed by atoms with Gasteiger partial charge in [0.05, 0.1) is 12.1 Å². The SMILES string of the molecule is CNC(Cc1ccccc1)C(=O)NC(CCC[NH-])C(C)=O. The molecule has 5 nitrogen and oxygen atoms in total. The average Bonchev–Trinajstić information content (AvgIpc) is 2.49. The van der Waals surface area contributed by atoms with Crippen molar-refractivity contribution in [3.05, 3.63) is 41.6 Å². The Bertz CT molecular complexity index is 448. The quantitative estimate of drug-likeness (QED) is 0.726. The molecule has 0 fully saturated rings. The molecule has 1 aromatic rings. The molecule has 116 valence electrons. The first-order valence-electron chi connectivity index (χ1n) is 7.25. The zero-order valence-electron chi connectivity index (χ0n) is 12.7. The number of carbonyl (C=O) groups excluding carboxylic acids is 2. The summed E-state index contributed by atoms with van der Waals surface area (Å²) in [6.45, 7) is 1.74. The number of benzene rings is 1. The van der Waals surface area contributed by atoms with Gasteiger partial charge in [0, 0.05) is 0 Å². The van der Waals surface area contributed by atoms with Crippen molar-refractivity contribution in [2.75, 3.05) is 13.6 Å². The summed E-state index contributed by atoms with van der Waals surface area (Å²) in [7, 11) is 1.74. The fraction of sp³-hybridized carbons (Fsp3) is 0.500. The van der Waals surface area contributed by atoms with Crippen LogP contribution in [0.2, 0.25) is 0 Å². The lowest BCUT2D eigenvalue weighted by molar-refractivity contribution is -0.128. The predicted octanol–water partition coefficient (Wildman–Crippen LogP) is 1.72. The van der Waals surface area contributed by atoms with Crippen LogP contribution < -0.4 is 10.6 Å². The summed E-state index contributed by atoms with van der Waals surface area (Å²) in [4.78, 5) is 23.8. The lowest BCUT2D eigenvalue weighted by atomic mass is 10.0. The molecule has 21 heavy (non-hydrogen) atoms. The number of Topliss-reactive ketones (excluding diaryl/α,β-unsaturated/α-hetero) is 1. The molecule has 2 unspecified atom stereocenters. The molecule has 0 aliphatic heterocycles. The average molecular weight is 290 g/mol. The van der Waals surface area contributed by atoms with Crippen LogP contribution in [0.5, 0.6) is 0 Å². The number of likely N-dealkylation sites (N-methyl/N-ethyl adjacent to an activating group) is 1. The maximum atomic E-state index is 12.3. The maximum Gasteiger partial charge on any atom is 0.238 e. The van der Waals surface area contributed by atoms with Crippen molar-refractivity contribution >= 4 is 11.7 Å². The second kappa shape index (κ2) is 9.26. The number of hydrogen-bond donors (Lipinski definition) is 2. The van der Waals surface area contributed by atoms with Crippen LogP contribution in [0.15, 0.2) is 30.3 Å². The Morgan fingerprint density at radius 3 is 2.38 bits per heavy atom. The van der Waals surface area contributed by atoms with E-state index in [-0.39, 0.29) is 24.3 Å². The molecule has 0 aliphatic rings. The summed E-state index contributed by atoms with van der Waals surface area (Å²) in [5.74, 6) is -0.238. The molecule has 3 N–H and O–H groups in total. The molecule has 0 saturated carbocycles. The van der Waals surface area contributed by atoms with Gasteiger partial charge < -0.3 is 16.4 Å². The second-order valence-electron chi connectivity index (χ2n) is 5.10. The van der Waals surface area contributed by atoms with Crippen molar-refractivity contribution < 1.29 is 9.59 Å². The molecule has 0 spiro atoms. The van der Waals surface area contributed by atoms with Crippen LogP contribution in [-0.2, 0) is 16.0 Å². The number of carbonyl (C=O) groups is 2. The predicted molar refractivity (Wildman–Crippen MR) is 84.0 cm³/mol. The minimum atomic E-state index is -0.491. The van der Waals surface area contributed by atoms with Gasteiger partial charge in [0.2, 0.25) is 5.91 Å². The Labute approximate surface area is 126 Å². The fourth-order valence-electron chi connectivity index (χ4n) is 2.13. The van der Waals surface area contributed by atoms with Crippen molar-refractivity contribution in [1.29, 1.82) is 0 Å². The molecule has 1 amide bonds. The Morgan fingerprint density at radius 1 is 1.19 bits per heavy atom. The number of nitrogens with one attached hydrogen (secondary N) is 3. The van der Waals surface area contributed by atoms with Crippen LogP contribution in [-0.4, -0.2) is 37.4 Å². The Morgan fingerprint density at radius 2 is 1.86 bits per heavy atom. The van der Waals surface area contributed by atoms with Crippen molar-refractivity contribution in [2.24, 2.45) is 0 Å². The number of rotatable bonds is 9. The number of hydrogen-bond acceptors (Lipinski definition) is 3. The zero-order valence-corrected chi connectivity index (χ0v) is 12.7. The smallest absolute Gasteiger partial charge is 0.238 e. The summed E-state index contributed by atoms with van der Waals surface area (Å²) < 4.78 is 0. The molecule has 0 saturated heterocycles. The van der Waals surface area contributed by atoms with Gasteiger partial charge in [0.15, 0.2) is 5.78 Å². The second-order valence-corrected chi connectivity index (χ2v) is 5.10. The minimum absolute atomic E-state index is 0.0636. The zero-order chi connectivity index (χ0) is 15.7. The van der Waals surface area contributed by atoms with E-state index >= 15 is 0 Å². The van der Waals surface area contributed by atoms with Crippen LogP contribution in [0.25, 0.3) is 5.73 Å². The molecule has 0 radical (unpaired) electrons. The van der Waals surface area contributed by atoms with Gasteiger partial charge in [-0.2, -0.15) is 6.54 Å². The van der Waals surface area contributed by atoms with Crippen molar-refractivity contribution in [3.63, 3.8) is 0 Å². The molecule has 0 heterocycles. The van der Waals surface area contributed by atoms with Gasteiger partial charge in [-0.3, -0.25) is 9.59 Å². The van der Waals surface area contributed by atoms with E-state index < -0.39 is 6.04 Å². The number of amides is 1. The van der Waals surface area contributed by atoms with E-state index in [0.717, 1.165) is 5.56 Å². The highest BCUT2D eigenvalue weighted by atomic mass is 16.2. The van der Waals surface area contributed by atoms with Gasteiger partial charge in [-0.05, 0) is 32.4 Å². The maximum absolute atomic E-state index is 12.3. The monoisotopic (exact) mass is 290 g/mol. The molecule has 0 aliphatic carbocycles. The molecular weight excluding hydrogens is 266 g/mol.